The molecule has 4 N–H and O–H groups in total. The average Bonchev–Trinajstić information content (AvgIpc) is 3.71. The van der Waals surface area contributed by atoms with E-state index in [1.165, 1.54) is 12.8 Å². The van der Waals surface area contributed by atoms with Gasteiger partial charge < -0.3 is 36.0 Å². The van der Waals surface area contributed by atoms with E-state index in [-0.39, 0.29) is 24.0 Å². The van der Waals surface area contributed by atoms with Crippen LogP contribution < -0.4 is 16.4 Å². The highest BCUT2D eigenvalue weighted by Crippen LogP contribution is 2.31. The van der Waals surface area contributed by atoms with Crippen molar-refractivity contribution in [1.29, 1.82) is 0 Å². The van der Waals surface area contributed by atoms with Crippen LogP contribution in [0.15, 0.2) is 23.6 Å². The zero-order chi connectivity index (χ0) is 30.1. The number of aryl methyl sites for hydroxylation is 1. The van der Waals surface area contributed by atoms with Gasteiger partial charge in [0.2, 0.25) is 5.91 Å². The molecule has 0 radical (unpaired) electrons. The highest BCUT2D eigenvalue weighted by Gasteiger charge is 2.36. The smallest absolute Gasteiger partial charge is 0.322 e. The summed E-state index contributed by atoms with van der Waals surface area (Å²) < 4.78 is 0. The second-order valence-corrected chi connectivity index (χ2v) is 13.8. The molecule has 4 aliphatic rings. The van der Waals surface area contributed by atoms with Gasteiger partial charge in [0.1, 0.15) is 6.04 Å². The molecule has 6 rings (SSSR count). The molecule has 0 spiro atoms. The first kappa shape index (κ1) is 30.0. The Kier molecular flexibility index (Phi) is 9.02. The lowest BCUT2D eigenvalue weighted by molar-refractivity contribution is -0.134. The number of piperidine rings is 2. The summed E-state index contributed by atoms with van der Waals surface area (Å²) in [6.07, 6.45) is 6.16. The Balaban J connectivity index is 1.10. The lowest BCUT2D eigenvalue weighted by Crippen LogP contribution is -2.57. The number of nitrogens with zero attached hydrogens (tertiary/aromatic N) is 4. The number of rotatable bonds is 6. The van der Waals surface area contributed by atoms with Crippen LogP contribution in [-0.2, 0) is 17.8 Å². The fraction of sp³-hybridized carbons (Fsp3) is 0.581. The van der Waals surface area contributed by atoms with Crippen LogP contribution in [0.4, 0.5) is 21.0 Å². The van der Waals surface area contributed by atoms with Gasteiger partial charge in [0.15, 0.2) is 0 Å². The molecule has 1 atom stereocenters. The Morgan fingerprint density at radius 1 is 1.05 bits per heavy atom. The highest BCUT2D eigenvalue weighted by molar-refractivity contribution is 7.10. The van der Waals surface area contributed by atoms with Gasteiger partial charge in [0, 0.05) is 49.6 Å². The summed E-state index contributed by atoms with van der Waals surface area (Å²) in [5.74, 6) is -0.0505. The summed E-state index contributed by atoms with van der Waals surface area (Å²) in [5, 5.41) is 8.52. The number of carbonyl (C=O) groups excluding carboxylic acids is 3. The monoisotopic (exact) mass is 627 g/mol. The lowest BCUT2D eigenvalue weighted by Gasteiger charge is -2.40. The summed E-state index contributed by atoms with van der Waals surface area (Å²) >= 11 is 8.04. The predicted molar refractivity (Wildman–Crippen MR) is 171 cm³/mol. The molecule has 3 fully saturated rings. The van der Waals surface area contributed by atoms with Crippen LogP contribution in [0.5, 0.6) is 0 Å². The highest BCUT2D eigenvalue weighted by atomic mass is 35.5. The van der Waals surface area contributed by atoms with E-state index in [9.17, 15) is 14.4 Å². The number of anilines is 2. The number of fused-ring (bicyclic) bond motifs is 1. The van der Waals surface area contributed by atoms with E-state index in [4.69, 9.17) is 17.3 Å². The Hall–Kier alpha value is -3.02. The summed E-state index contributed by atoms with van der Waals surface area (Å²) in [6.45, 7) is 7.25. The van der Waals surface area contributed by atoms with Gasteiger partial charge in [0.05, 0.1) is 22.9 Å². The quantitative estimate of drug-likeness (QED) is 0.408. The first-order chi connectivity index (χ1) is 20.8. The van der Waals surface area contributed by atoms with Gasteiger partial charge in [-0.05, 0) is 87.2 Å². The van der Waals surface area contributed by atoms with Crippen LogP contribution in [0.1, 0.15) is 54.5 Å². The minimum atomic E-state index is -0.710. The van der Waals surface area contributed by atoms with E-state index in [0.717, 1.165) is 47.6 Å². The average molecular weight is 628 g/mol. The van der Waals surface area contributed by atoms with Gasteiger partial charge in [-0.1, -0.05) is 17.7 Å². The van der Waals surface area contributed by atoms with Crippen molar-refractivity contribution in [2.24, 2.45) is 0 Å². The van der Waals surface area contributed by atoms with Gasteiger partial charge in [-0.3, -0.25) is 4.79 Å². The number of urea groups is 2. The van der Waals surface area contributed by atoms with E-state index in [1.807, 2.05) is 34.2 Å². The largest absolute Gasteiger partial charge is 0.397 e. The number of carbonyl (C=O) groups is 3. The maximum absolute atomic E-state index is 13.9. The number of hydrogen-bond acceptors (Lipinski definition) is 6. The number of nitrogens with two attached hydrogens (primary N) is 1. The minimum absolute atomic E-state index is 0.0505. The summed E-state index contributed by atoms with van der Waals surface area (Å²) in [4.78, 5) is 49.6. The number of hydrogen-bond donors (Lipinski definition) is 3. The minimum Gasteiger partial charge on any atom is -0.397 e. The van der Waals surface area contributed by atoms with Crippen molar-refractivity contribution in [2.45, 2.75) is 76.5 Å². The van der Waals surface area contributed by atoms with Crippen molar-refractivity contribution in [2.75, 3.05) is 50.3 Å². The zero-order valence-electron chi connectivity index (χ0n) is 24.8. The maximum atomic E-state index is 13.9. The van der Waals surface area contributed by atoms with E-state index >= 15 is 0 Å². The van der Waals surface area contributed by atoms with Crippen LogP contribution in [0.2, 0.25) is 5.02 Å². The number of nitrogen functional groups attached to an aromatic ring is 1. The van der Waals surface area contributed by atoms with Gasteiger partial charge in [-0.25, -0.2) is 9.59 Å². The van der Waals surface area contributed by atoms with E-state index in [0.29, 0.717) is 68.7 Å². The van der Waals surface area contributed by atoms with Gasteiger partial charge >= 0.3 is 12.1 Å². The Labute approximate surface area is 262 Å². The number of likely N-dealkylation sites (tertiary alicyclic amines) is 3. The molecule has 0 bridgehead atoms. The number of halogens is 1. The molecule has 2 aromatic rings. The molecule has 0 aliphatic carbocycles. The molecular formula is C31H42ClN7O3S. The number of benzene rings is 1. The third-order valence-electron chi connectivity index (χ3n) is 9.62. The van der Waals surface area contributed by atoms with Gasteiger partial charge in [0.25, 0.3) is 0 Å². The Morgan fingerprint density at radius 2 is 1.72 bits per heavy atom. The van der Waals surface area contributed by atoms with E-state index < -0.39 is 6.04 Å². The second-order valence-electron chi connectivity index (χ2n) is 12.3. The first-order valence-corrected chi connectivity index (χ1v) is 16.8. The maximum Gasteiger partial charge on any atom is 0.322 e. The molecule has 3 saturated heterocycles. The second kappa shape index (κ2) is 12.9. The molecule has 0 unspecified atom stereocenters. The predicted octanol–water partition coefficient (Wildman–Crippen LogP) is 4.51. The van der Waals surface area contributed by atoms with Crippen molar-refractivity contribution in [3.05, 3.63) is 44.6 Å². The third kappa shape index (κ3) is 6.58. The summed E-state index contributed by atoms with van der Waals surface area (Å²) in [5.41, 5.74) is 9.22. The number of amides is 5. The topological polar surface area (TPSA) is 114 Å². The van der Waals surface area contributed by atoms with Crippen LogP contribution in [-0.4, -0.2) is 95.0 Å². The van der Waals surface area contributed by atoms with Crippen molar-refractivity contribution in [3.8, 4) is 0 Å². The van der Waals surface area contributed by atoms with Crippen LogP contribution in [0.25, 0.3) is 0 Å². The summed E-state index contributed by atoms with van der Waals surface area (Å²) in [7, 11) is 0. The van der Waals surface area contributed by atoms with Crippen LogP contribution >= 0.6 is 22.9 Å². The van der Waals surface area contributed by atoms with Crippen LogP contribution in [0, 0.1) is 6.92 Å². The molecule has 12 heteroatoms. The first-order valence-electron chi connectivity index (χ1n) is 15.5. The zero-order valence-corrected chi connectivity index (χ0v) is 26.4. The van der Waals surface area contributed by atoms with Crippen molar-refractivity contribution in [3.63, 3.8) is 0 Å². The van der Waals surface area contributed by atoms with Gasteiger partial charge in [-0.15, -0.1) is 11.3 Å². The molecule has 0 saturated carbocycles. The van der Waals surface area contributed by atoms with E-state index in [2.05, 4.69) is 15.5 Å². The van der Waals surface area contributed by atoms with Crippen molar-refractivity contribution in [1.82, 2.24) is 24.9 Å². The molecule has 10 nitrogen and oxygen atoms in total. The fourth-order valence-electron chi connectivity index (χ4n) is 7.06. The molecular weight excluding hydrogens is 586 g/mol. The molecule has 5 amide bonds. The SMILES string of the molecule is Cc1cc(C[C@@H](NC(=O)N2CCC(N3Cc4sccc4NC3=O)CC2)C(=O)N2CCC(N3CCCC3)CC2)cc(Cl)c1N. The van der Waals surface area contributed by atoms with Crippen LogP contribution in [0.3, 0.4) is 0 Å². The molecule has 43 heavy (non-hydrogen) atoms. The number of thiophene rings is 1. The third-order valence-corrected chi connectivity index (χ3v) is 10.8. The standard InChI is InChI=1S/C31H42ClN7O3S/c1-20-16-21(17-24(32)28(20)33)18-26(29(40)37-11-4-22(5-12-37)36-9-2-3-10-36)35-30(41)38-13-6-23(7-14-38)39-19-27-25(8-15-43-27)34-31(39)42/h8,15-17,22-23,26H,2-7,9-14,18-19,33H2,1H3,(H,34,42)(H,35,41)/t26-/m1/s1. The molecule has 5 heterocycles. The molecule has 4 aliphatic heterocycles. The Morgan fingerprint density at radius 3 is 2.42 bits per heavy atom. The molecule has 1 aromatic carbocycles. The molecule has 1 aromatic heterocycles. The van der Waals surface area contributed by atoms with E-state index in [1.54, 1.807) is 22.3 Å². The van der Waals surface area contributed by atoms with Crippen molar-refractivity contribution >= 4 is 52.3 Å². The van der Waals surface area contributed by atoms with Gasteiger partial charge in [-0.2, -0.15) is 0 Å². The Bertz CT molecular complexity index is 1320. The fourth-order valence-corrected chi connectivity index (χ4v) is 8.18. The molecule has 232 valence electrons. The number of nitrogens with one attached hydrogen (secondary N) is 2. The lowest BCUT2D eigenvalue weighted by atomic mass is 9.99. The van der Waals surface area contributed by atoms with Crippen molar-refractivity contribution < 1.29 is 14.4 Å². The normalized spacial score (nSPS) is 21.1. The summed E-state index contributed by atoms with van der Waals surface area (Å²) in [6, 6.07) is 5.25.